The quantitative estimate of drug-likeness (QED) is 0.430. The number of carbonyl (C=O) groups is 1. The monoisotopic (exact) mass is 287 g/mol. The molecule has 0 aliphatic heterocycles. The van der Waals surface area contributed by atoms with Gasteiger partial charge in [0.1, 0.15) is 0 Å². The van der Waals surface area contributed by atoms with Crippen LogP contribution >= 0.6 is 0 Å². The van der Waals surface area contributed by atoms with Crippen LogP contribution in [0.3, 0.4) is 0 Å². The van der Waals surface area contributed by atoms with Crippen LogP contribution in [0.15, 0.2) is 0 Å². The van der Waals surface area contributed by atoms with Gasteiger partial charge in [0.15, 0.2) is 0 Å². The van der Waals surface area contributed by atoms with Crippen molar-refractivity contribution in [1.29, 1.82) is 0 Å². The summed E-state index contributed by atoms with van der Waals surface area (Å²) in [5.41, 5.74) is 0. The molecule has 0 bridgehead atoms. The van der Waals surface area contributed by atoms with E-state index in [1.807, 2.05) is 0 Å². The molecule has 5 heteroatoms. The van der Waals surface area contributed by atoms with E-state index in [0.29, 0.717) is 0 Å². The Morgan fingerprint density at radius 2 is 1.33 bits per heavy atom. The minimum absolute atomic E-state index is 0. The Bertz CT molecular complexity index is 30.5. The van der Waals surface area contributed by atoms with Gasteiger partial charge in [-0.3, -0.25) is 0 Å². The summed E-state index contributed by atoms with van der Waals surface area (Å²) in [5.74, 6) is 0. The van der Waals surface area contributed by atoms with E-state index < -0.39 is 6.16 Å². The van der Waals surface area contributed by atoms with Crippen molar-refractivity contribution in [3.8, 4) is 0 Å². The molecule has 0 fully saturated rings. The third kappa shape index (κ3) is 3120. The second-order valence-corrected chi connectivity index (χ2v) is 0.250. The smallest absolute Gasteiger partial charge is 0.652 e. The number of hydrogen-bond acceptors (Lipinski definition) is 3. The van der Waals surface area contributed by atoms with Crippen molar-refractivity contribution in [1.82, 2.24) is 0 Å². The summed E-state index contributed by atoms with van der Waals surface area (Å²) in [6, 6.07) is 0. The van der Waals surface area contributed by atoms with Gasteiger partial charge in [-0.25, -0.2) is 0 Å². The molecule has 0 spiro atoms. The Morgan fingerprint density at radius 3 is 1.33 bits per heavy atom. The molecule has 2 radical (unpaired) electrons. The third-order valence-electron chi connectivity index (χ3n) is 0. The van der Waals surface area contributed by atoms with Crippen LogP contribution < -0.4 is 10.2 Å². The molecule has 4 nitrogen and oxygen atoms in total. The maximum Gasteiger partial charge on any atom is 3.00 e. The molecule has 0 aromatic rings. The van der Waals surface area contributed by atoms with Crippen LogP contribution in [0.5, 0.6) is 0 Å². The third-order valence-corrected chi connectivity index (χ3v) is 0. The van der Waals surface area contributed by atoms with E-state index in [1.165, 1.54) is 0 Å². The first-order valence-corrected chi connectivity index (χ1v) is 0.612. The zero-order chi connectivity index (χ0) is 3.58. The van der Waals surface area contributed by atoms with Crippen molar-refractivity contribution in [3.63, 3.8) is 0 Å². The molecule has 0 aromatic heterocycles. The Morgan fingerprint density at radius 1 is 1.33 bits per heavy atom. The summed E-state index contributed by atoms with van der Waals surface area (Å²) in [6.45, 7) is 0. The SMILES string of the molecule is O.O=C([O-])[O-].[Bi+3]. The van der Waals surface area contributed by atoms with Crippen LogP contribution in [0.2, 0.25) is 0 Å². The van der Waals surface area contributed by atoms with Crippen molar-refractivity contribution in [3.05, 3.63) is 0 Å². The van der Waals surface area contributed by atoms with Gasteiger partial charge in [-0.15, -0.1) is 0 Å². The number of rotatable bonds is 0. The molecular formula is CH2BiO4+. The fourth-order valence-electron chi connectivity index (χ4n) is 0. The van der Waals surface area contributed by atoms with Crippen LogP contribution in [0.4, 0.5) is 4.79 Å². The predicted octanol–water partition coefficient (Wildman–Crippen LogP) is -3.65. The topological polar surface area (TPSA) is 94.7 Å². The number of carbonyl (C=O) groups excluding carboxylic acids is 1. The normalized spacial score (nSPS) is 4.00. The van der Waals surface area contributed by atoms with Crippen molar-refractivity contribution < 1.29 is 20.5 Å². The molecule has 0 rings (SSSR count). The van der Waals surface area contributed by atoms with Gasteiger partial charge in [-0.2, -0.15) is 0 Å². The van der Waals surface area contributed by atoms with E-state index in [1.54, 1.807) is 0 Å². The molecule has 0 unspecified atom stereocenters. The van der Waals surface area contributed by atoms with Crippen LogP contribution in [0.1, 0.15) is 0 Å². The van der Waals surface area contributed by atoms with Gasteiger partial charge in [0.05, 0.1) is 0 Å². The van der Waals surface area contributed by atoms with Crippen molar-refractivity contribution >= 4 is 32.4 Å². The van der Waals surface area contributed by atoms with Gasteiger partial charge >= 0.3 is 26.2 Å². The minimum atomic E-state index is -2.33. The van der Waals surface area contributed by atoms with E-state index in [4.69, 9.17) is 15.0 Å². The molecule has 0 saturated carbocycles. The molecule has 0 saturated heterocycles. The van der Waals surface area contributed by atoms with Crippen molar-refractivity contribution in [2.75, 3.05) is 0 Å². The fraction of sp³-hybridized carbons (Fsp3) is 0. The second kappa shape index (κ2) is 8.93. The van der Waals surface area contributed by atoms with E-state index in [-0.39, 0.29) is 31.7 Å². The van der Waals surface area contributed by atoms with E-state index in [2.05, 4.69) is 0 Å². The summed E-state index contributed by atoms with van der Waals surface area (Å²) in [6.07, 6.45) is -2.33. The van der Waals surface area contributed by atoms with Gasteiger partial charge < -0.3 is 20.5 Å². The van der Waals surface area contributed by atoms with Crippen LogP contribution in [-0.4, -0.2) is 37.8 Å². The summed E-state index contributed by atoms with van der Waals surface area (Å²) >= 11 is 0. The van der Waals surface area contributed by atoms with E-state index in [9.17, 15) is 0 Å². The standard InChI is InChI=1S/CH2O3.Bi.H2O/c2-1(3)4;;/h(H2,2,3,4);;1H2/q;+3;/p-2. The van der Waals surface area contributed by atoms with Crippen LogP contribution in [0.25, 0.3) is 0 Å². The number of hydrogen-bond donors (Lipinski definition) is 0. The summed E-state index contributed by atoms with van der Waals surface area (Å²) in [5, 5.41) is 16.7. The van der Waals surface area contributed by atoms with Gasteiger partial charge in [-0.1, -0.05) is 0 Å². The van der Waals surface area contributed by atoms with Crippen molar-refractivity contribution in [2.24, 2.45) is 0 Å². The molecule has 34 valence electrons. The first-order chi connectivity index (χ1) is 1.73. The zero-order valence-electron chi connectivity index (χ0n) is 2.67. The van der Waals surface area contributed by atoms with Gasteiger partial charge in [0, 0.05) is 0 Å². The summed E-state index contributed by atoms with van der Waals surface area (Å²) in [7, 11) is 0. The molecule has 6 heavy (non-hydrogen) atoms. The Hall–Kier alpha value is 0.113. The zero-order valence-corrected chi connectivity index (χ0v) is 6.15. The first-order valence-electron chi connectivity index (χ1n) is 0.612. The fourth-order valence-corrected chi connectivity index (χ4v) is 0. The maximum absolute atomic E-state index is 8.33. The van der Waals surface area contributed by atoms with Crippen molar-refractivity contribution in [2.45, 2.75) is 0 Å². The van der Waals surface area contributed by atoms with Crippen LogP contribution in [0, 0.1) is 0 Å². The molecule has 2 N–H and O–H groups in total. The van der Waals surface area contributed by atoms with Gasteiger partial charge in [-0.05, 0) is 6.16 Å². The van der Waals surface area contributed by atoms with E-state index >= 15 is 0 Å². The predicted molar refractivity (Wildman–Crippen MR) is 14.8 cm³/mol. The van der Waals surface area contributed by atoms with E-state index in [0.717, 1.165) is 0 Å². The molecule has 0 atom stereocenters. The van der Waals surface area contributed by atoms with Gasteiger partial charge in [0.2, 0.25) is 0 Å². The average molecular weight is 287 g/mol. The molecule has 0 aliphatic rings. The molecule has 0 amide bonds. The Balaban J connectivity index is -0.0000000450. The van der Waals surface area contributed by atoms with Gasteiger partial charge in [0.25, 0.3) is 0 Å². The molecule has 0 heterocycles. The molecular weight excluding hydrogens is 285 g/mol. The first kappa shape index (κ1) is 16.5. The second-order valence-electron chi connectivity index (χ2n) is 0.250. The molecule has 0 aromatic carbocycles. The Labute approximate surface area is 53.2 Å². The maximum atomic E-state index is 8.33. The van der Waals surface area contributed by atoms with Crippen LogP contribution in [-0.2, 0) is 0 Å². The Kier molecular flexibility index (Phi) is 24.5. The minimum Gasteiger partial charge on any atom is -0.652 e. The summed E-state index contributed by atoms with van der Waals surface area (Å²) < 4.78 is 0. The molecule has 0 aliphatic carbocycles. The average Bonchev–Trinajstić information content (AvgIpc) is 0.811. The summed E-state index contributed by atoms with van der Waals surface area (Å²) in [4.78, 5) is 8.33. The number of carboxylic acid groups (broad SMARTS) is 2. The largest absolute Gasteiger partial charge is 3.00 e.